The van der Waals surface area contributed by atoms with Crippen molar-refractivity contribution in [1.29, 1.82) is 0 Å². The number of hydrogen-bond donors (Lipinski definition) is 1. The topological polar surface area (TPSA) is 90.7 Å². The monoisotopic (exact) mass is 364 g/mol. The van der Waals surface area contributed by atoms with Gasteiger partial charge in [-0.3, -0.25) is 14.9 Å². The maximum atomic E-state index is 12.3. The lowest BCUT2D eigenvalue weighted by Gasteiger charge is -2.17. The van der Waals surface area contributed by atoms with Crippen molar-refractivity contribution < 1.29 is 19.2 Å². The van der Waals surface area contributed by atoms with Crippen LogP contribution in [0.4, 0.5) is 5.00 Å². The molecule has 134 valence electrons. The summed E-state index contributed by atoms with van der Waals surface area (Å²) < 4.78 is 11.1. The quantitative estimate of drug-likeness (QED) is 0.566. The molecule has 1 heterocycles. The molecule has 25 heavy (non-hydrogen) atoms. The van der Waals surface area contributed by atoms with Crippen LogP contribution < -0.4 is 14.8 Å². The second-order valence-electron chi connectivity index (χ2n) is 5.16. The van der Waals surface area contributed by atoms with E-state index in [1.54, 1.807) is 0 Å². The van der Waals surface area contributed by atoms with E-state index in [2.05, 4.69) is 5.32 Å². The first-order valence-corrected chi connectivity index (χ1v) is 8.72. The third-order valence-corrected chi connectivity index (χ3v) is 4.45. The van der Waals surface area contributed by atoms with Crippen LogP contribution in [0.15, 0.2) is 30.3 Å². The Bertz CT molecular complexity index is 759. The van der Waals surface area contributed by atoms with Gasteiger partial charge in [0.2, 0.25) is 0 Å². The number of nitrogens with zero attached hydrogens (tertiary/aromatic N) is 1. The molecular formula is C17H20N2O5S. The minimum atomic E-state index is -0.508. The van der Waals surface area contributed by atoms with E-state index in [1.165, 1.54) is 12.1 Å². The van der Waals surface area contributed by atoms with Crippen LogP contribution in [0.5, 0.6) is 11.5 Å². The fourth-order valence-electron chi connectivity index (χ4n) is 2.24. The molecule has 1 aromatic carbocycles. The lowest BCUT2D eigenvalue weighted by molar-refractivity contribution is -0.380. The molecule has 2 aromatic rings. The van der Waals surface area contributed by atoms with Crippen molar-refractivity contribution >= 4 is 22.2 Å². The van der Waals surface area contributed by atoms with Gasteiger partial charge in [-0.1, -0.05) is 17.4 Å². The van der Waals surface area contributed by atoms with Gasteiger partial charge < -0.3 is 14.8 Å². The van der Waals surface area contributed by atoms with Crippen LogP contribution in [-0.4, -0.2) is 24.0 Å². The molecule has 0 spiro atoms. The van der Waals surface area contributed by atoms with Gasteiger partial charge in [0.1, 0.15) is 0 Å². The predicted octanol–water partition coefficient (Wildman–Crippen LogP) is 3.94. The van der Waals surface area contributed by atoms with Crippen LogP contribution in [0.2, 0.25) is 0 Å². The van der Waals surface area contributed by atoms with Crippen LogP contribution in [0.1, 0.15) is 42.0 Å². The summed E-state index contributed by atoms with van der Waals surface area (Å²) in [4.78, 5) is 22.8. The van der Waals surface area contributed by atoms with Crippen molar-refractivity contribution in [3.8, 4) is 11.5 Å². The zero-order valence-electron chi connectivity index (χ0n) is 14.3. The largest absolute Gasteiger partial charge is 0.490 e. The van der Waals surface area contributed by atoms with Crippen molar-refractivity contribution in [2.45, 2.75) is 26.8 Å². The third-order valence-electron chi connectivity index (χ3n) is 3.41. The van der Waals surface area contributed by atoms with E-state index in [1.807, 2.05) is 39.0 Å². The Morgan fingerprint density at radius 3 is 2.48 bits per heavy atom. The average molecular weight is 364 g/mol. The summed E-state index contributed by atoms with van der Waals surface area (Å²) in [7, 11) is 0. The van der Waals surface area contributed by atoms with E-state index in [0.717, 1.165) is 16.9 Å². The summed E-state index contributed by atoms with van der Waals surface area (Å²) in [5.41, 5.74) is 0.853. The van der Waals surface area contributed by atoms with Gasteiger partial charge in [-0.05, 0) is 44.5 Å². The van der Waals surface area contributed by atoms with E-state index < -0.39 is 4.92 Å². The maximum absolute atomic E-state index is 12.3. The smallest absolute Gasteiger partial charge is 0.324 e. The van der Waals surface area contributed by atoms with Gasteiger partial charge in [-0.25, -0.2) is 0 Å². The Hall–Kier alpha value is -2.61. The highest BCUT2D eigenvalue weighted by molar-refractivity contribution is 7.17. The summed E-state index contributed by atoms with van der Waals surface area (Å²) >= 11 is 0.851. The van der Waals surface area contributed by atoms with Gasteiger partial charge >= 0.3 is 5.00 Å². The Kier molecular flexibility index (Phi) is 6.35. The Labute approximate surface area is 149 Å². The number of nitro groups is 1. The number of ether oxygens (including phenoxy) is 2. The van der Waals surface area contributed by atoms with Gasteiger partial charge in [-0.2, -0.15) is 0 Å². The molecule has 1 atom stereocenters. The molecule has 0 aliphatic heterocycles. The molecule has 0 aliphatic carbocycles. The van der Waals surface area contributed by atoms with E-state index in [0.29, 0.717) is 29.6 Å². The molecule has 7 nitrogen and oxygen atoms in total. The molecule has 1 unspecified atom stereocenters. The molecule has 2 rings (SSSR count). The highest BCUT2D eigenvalue weighted by Gasteiger charge is 2.18. The molecule has 1 N–H and O–H groups in total. The number of hydrogen-bond acceptors (Lipinski definition) is 6. The molecule has 0 aliphatic rings. The third kappa shape index (κ3) is 4.69. The van der Waals surface area contributed by atoms with E-state index in [-0.39, 0.29) is 17.0 Å². The molecule has 1 amide bonds. The van der Waals surface area contributed by atoms with Crippen molar-refractivity contribution in [3.63, 3.8) is 0 Å². The number of carbonyl (C=O) groups excluding carboxylic acids is 1. The second-order valence-corrected chi connectivity index (χ2v) is 6.22. The van der Waals surface area contributed by atoms with E-state index in [9.17, 15) is 14.9 Å². The number of nitrogens with one attached hydrogen (secondary N) is 1. The van der Waals surface area contributed by atoms with E-state index in [4.69, 9.17) is 9.47 Å². The second kappa shape index (κ2) is 8.48. The molecule has 1 aromatic heterocycles. The number of amides is 1. The van der Waals surface area contributed by atoms with Gasteiger partial charge in [0, 0.05) is 6.07 Å². The predicted molar refractivity (Wildman–Crippen MR) is 95.6 cm³/mol. The molecule has 0 saturated heterocycles. The fraction of sp³-hybridized carbons (Fsp3) is 0.353. The SMILES string of the molecule is CCOc1ccc(C(C)NC(=O)c2ccc([N+](=O)[O-])s2)cc1OCC. The Morgan fingerprint density at radius 2 is 1.88 bits per heavy atom. The molecule has 0 fully saturated rings. The van der Waals surface area contributed by atoms with Crippen molar-refractivity contribution in [2.24, 2.45) is 0 Å². The first-order chi connectivity index (χ1) is 12.0. The number of thiophene rings is 1. The summed E-state index contributed by atoms with van der Waals surface area (Å²) in [5, 5.41) is 13.5. The minimum absolute atomic E-state index is 0.0579. The van der Waals surface area contributed by atoms with Crippen LogP contribution >= 0.6 is 11.3 Å². The zero-order valence-corrected chi connectivity index (χ0v) is 15.1. The van der Waals surface area contributed by atoms with Gasteiger partial charge in [0.15, 0.2) is 11.5 Å². The van der Waals surface area contributed by atoms with Gasteiger partial charge in [0.25, 0.3) is 5.91 Å². The standard InChI is InChI=1S/C17H20N2O5S/c1-4-23-13-7-6-12(10-14(13)24-5-2)11(3)18-17(20)15-8-9-16(25-15)19(21)22/h6-11H,4-5H2,1-3H3,(H,18,20). The fourth-order valence-corrected chi connectivity index (χ4v) is 2.96. The van der Waals surface area contributed by atoms with Gasteiger partial charge in [0.05, 0.1) is 29.1 Å². The number of benzene rings is 1. The van der Waals surface area contributed by atoms with Crippen molar-refractivity contribution in [1.82, 2.24) is 5.32 Å². The number of carbonyl (C=O) groups is 1. The zero-order chi connectivity index (χ0) is 18.4. The molecule has 0 radical (unpaired) electrons. The minimum Gasteiger partial charge on any atom is -0.490 e. The van der Waals surface area contributed by atoms with Crippen molar-refractivity contribution in [2.75, 3.05) is 13.2 Å². The average Bonchev–Trinajstić information content (AvgIpc) is 3.07. The Morgan fingerprint density at radius 1 is 1.20 bits per heavy atom. The van der Waals surface area contributed by atoms with Crippen molar-refractivity contribution in [3.05, 3.63) is 50.9 Å². The van der Waals surface area contributed by atoms with Crippen LogP contribution in [-0.2, 0) is 0 Å². The van der Waals surface area contributed by atoms with Crippen LogP contribution in [0, 0.1) is 10.1 Å². The Balaban J connectivity index is 2.13. The highest BCUT2D eigenvalue weighted by atomic mass is 32.1. The lowest BCUT2D eigenvalue weighted by Crippen LogP contribution is -2.25. The van der Waals surface area contributed by atoms with Crippen LogP contribution in [0.3, 0.4) is 0 Å². The van der Waals surface area contributed by atoms with Gasteiger partial charge in [-0.15, -0.1) is 0 Å². The number of rotatable bonds is 8. The first kappa shape index (κ1) is 18.7. The van der Waals surface area contributed by atoms with Crippen LogP contribution in [0.25, 0.3) is 0 Å². The highest BCUT2D eigenvalue weighted by Crippen LogP contribution is 2.31. The summed E-state index contributed by atoms with van der Waals surface area (Å²) in [5.74, 6) is 0.924. The molecule has 8 heteroatoms. The normalized spacial score (nSPS) is 11.6. The summed E-state index contributed by atoms with van der Waals surface area (Å²) in [6, 6.07) is 7.99. The molecule has 0 saturated carbocycles. The molecule has 0 bridgehead atoms. The summed E-state index contributed by atoms with van der Waals surface area (Å²) in [6.45, 7) is 6.65. The lowest BCUT2D eigenvalue weighted by atomic mass is 10.1. The maximum Gasteiger partial charge on any atom is 0.324 e. The van der Waals surface area contributed by atoms with E-state index >= 15 is 0 Å². The first-order valence-electron chi connectivity index (χ1n) is 7.90. The molecular weight excluding hydrogens is 344 g/mol. The summed E-state index contributed by atoms with van der Waals surface area (Å²) in [6.07, 6.45) is 0.